The van der Waals surface area contributed by atoms with Crippen molar-refractivity contribution in [1.82, 2.24) is 20.6 Å². The number of carbonyl (C=O) groups is 3. The number of hydrogen-bond donors (Lipinski definition) is 4. The van der Waals surface area contributed by atoms with Crippen LogP contribution in [-0.4, -0.2) is 68.1 Å². The van der Waals surface area contributed by atoms with Crippen molar-refractivity contribution in [3.8, 4) is 6.07 Å². The van der Waals surface area contributed by atoms with Gasteiger partial charge in [0.15, 0.2) is 6.29 Å². The molecular formula is C26H34N8O4. The first-order valence-electron chi connectivity index (χ1n) is 12.6. The van der Waals surface area contributed by atoms with Gasteiger partial charge in [0.2, 0.25) is 5.91 Å². The standard InChI is InChI=1S/C26H34N8O4/c1-18(36)29-8-4-3-7-28-15-20-12-19-6-5-10-34(25(19)32-23(20)17-35)26(37)33-24-13-22(30-9-11-38-2)21(14-27)16-31-24/h12-13,16-17,28H,3-11,15H2,1-2H3,(H,29,36)(H2,30,31,33,37). The Morgan fingerprint density at radius 2 is 2.05 bits per heavy atom. The number of rotatable bonds is 13. The predicted octanol–water partition coefficient (Wildman–Crippen LogP) is 2.21. The molecule has 202 valence electrons. The number of aldehydes is 1. The molecule has 38 heavy (non-hydrogen) atoms. The summed E-state index contributed by atoms with van der Waals surface area (Å²) in [4.78, 5) is 46.2. The summed E-state index contributed by atoms with van der Waals surface area (Å²) < 4.78 is 5.03. The van der Waals surface area contributed by atoms with Crippen molar-refractivity contribution in [2.24, 2.45) is 0 Å². The third-order valence-corrected chi connectivity index (χ3v) is 5.98. The van der Waals surface area contributed by atoms with E-state index in [-0.39, 0.29) is 17.4 Å². The van der Waals surface area contributed by atoms with Gasteiger partial charge in [-0.25, -0.2) is 14.8 Å². The second-order valence-electron chi connectivity index (χ2n) is 8.83. The molecule has 3 rings (SSSR count). The number of amides is 3. The Morgan fingerprint density at radius 1 is 1.24 bits per heavy atom. The molecule has 1 aliphatic heterocycles. The number of fused-ring (bicyclic) bond motifs is 1. The molecule has 3 heterocycles. The van der Waals surface area contributed by atoms with Crippen LogP contribution in [0.2, 0.25) is 0 Å². The summed E-state index contributed by atoms with van der Waals surface area (Å²) in [6.45, 7) is 4.76. The van der Waals surface area contributed by atoms with Gasteiger partial charge in [0.1, 0.15) is 23.4 Å². The first-order chi connectivity index (χ1) is 18.5. The summed E-state index contributed by atoms with van der Waals surface area (Å²) in [6, 6.07) is 5.20. The number of ether oxygens (including phenoxy) is 1. The molecule has 1 aliphatic rings. The SMILES string of the molecule is COCCNc1cc(NC(=O)N2CCCc3cc(CNCCCCNC(C)=O)c(C=O)nc32)ncc1C#N. The van der Waals surface area contributed by atoms with Gasteiger partial charge in [0, 0.05) is 52.5 Å². The molecule has 0 atom stereocenters. The molecule has 0 bridgehead atoms. The van der Waals surface area contributed by atoms with E-state index in [0.717, 1.165) is 43.4 Å². The van der Waals surface area contributed by atoms with Crippen LogP contribution in [0.15, 0.2) is 18.3 Å². The minimum atomic E-state index is -0.416. The number of nitrogens with one attached hydrogen (secondary N) is 4. The number of unbranched alkanes of at least 4 members (excludes halogenated alkanes) is 1. The molecule has 0 fully saturated rings. The zero-order valence-corrected chi connectivity index (χ0v) is 21.8. The Morgan fingerprint density at radius 3 is 2.79 bits per heavy atom. The zero-order chi connectivity index (χ0) is 27.3. The van der Waals surface area contributed by atoms with Gasteiger partial charge >= 0.3 is 6.03 Å². The highest BCUT2D eigenvalue weighted by Gasteiger charge is 2.26. The molecule has 2 aromatic heterocycles. The Balaban J connectivity index is 1.67. The quantitative estimate of drug-likeness (QED) is 0.228. The molecule has 3 amide bonds. The Kier molecular flexibility index (Phi) is 11.0. The molecule has 0 saturated carbocycles. The van der Waals surface area contributed by atoms with Gasteiger partial charge in [-0.2, -0.15) is 5.26 Å². The van der Waals surface area contributed by atoms with Crippen LogP contribution in [0.25, 0.3) is 0 Å². The van der Waals surface area contributed by atoms with E-state index in [0.29, 0.717) is 56.1 Å². The van der Waals surface area contributed by atoms with Crippen molar-refractivity contribution in [1.29, 1.82) is 5.26 Å². The molecule has 0 radical (unpaired) electrons. The maximum Gasteiger partial charge on any atom is 0.328 e. The lowest BCUT2D eigenvalue weighted by atomic mass is 10.0. The molecule has 12 nitrogen and oxygen atoms in total. The Bertz CT molecular complexity index is 1180. The fourth-order valence-corrected chi connectivity index (χ4v) is 4.09. The molecule has 0 saturated heterocycles. The van der Waals surface area contributed by atoms with Crippen molar-refractivity contribution in [3.63, 3.8) is 0 Å². The van der Waals surface area contributed by atoms with E-state index in [4.69, 9.17) is 4.74 Å². The average Bonchev–Trinajstić information content (AvgIpc) is 2.91. The van der Waals surface area contributed by atoms with E-state index < -0.39 is 6.03 Å². The number of carbonyl (C=O) groups excluding carboxylic acids is 3. The van der Waals surface area contributed by atoms with Gasteiger partial charge in [0.25, 0.3) is 0 Å². The maximum atomic E-state index is 13.2. The summed E-state index contributed by atoms with van der Waals surface area (Å²) in [7, 11) is 1.59. The number of hydrogen-bond acceptors (Lipinski definition) is 9. The zero-order valence-electron chi connectivity index (χ0n) is 21.8. The summed E-state index contributed by atoms with van der Waals surface area (Å²) in [5.41, 5.74) is 2.86. The smallest absolute Gasteiger partial charge is 0.328 e. The van der Waals surface area contributed by atoms with Crippen molar-refractivity contribution in [3.05, 3.63) is 40.7 Å². The van der Waals surface area contributed by atoms with Crippen LogP contribution in [0, 0.1) is 11.3 Å². The molecule has 0 spiro atoms. The summed E-state index contributed by atoms with van der Waals surface area (Å²) in [6.07, 6.45) is 5.35. The molecule has 2 aromatic rings. The topological polar surface area (TPSA) is 161 Å². The van der Waals surface area contributed by atoms with Crippen LogP contribution in [-0.2, 0) is 22.5 Å². The maximum absolute atomic E-state index is 13.2. The van der Waals surface area contributed by atoms with Crippen molar-refractivity contribution < 1.29 is 19.1 Å². The average molecular weight is 523 g/mol. The van der Waals surface area contributed by atoms with Crippen LogP contribution >= 0.6 is 0 Å². The van der Waals surface area contributed by atoms with E-state index in [1.54, 1.807) is 13.2 Å². The van der Waals surface area contributed by atoms with E-state index in [2.05, 4.69) is 37.3 Å². The molecule has 0 unspecified atom stereocenters. The van der Waals surface area contributed by atoms with Crippen molar-refractivity contribution in [2.75, 3.05) is 55.4 Å². The first kappa shape index (κ1) is 28.5. The van der Waals surface area contributed by atoms with Gasteiger partial charge in [-0.3, -0.25) is 19.8 Å². The summed E-state index contributed by atoms with van der Waals surface area (Å²) in [5.74, 6) is 0.710. The second kappa shape index (κ2) is 14.6. The number of aromatic nitrogens is 2. The lowest BCUT2D eigenvalue weighted by molar-refractivity contribution is -0.118. The fourth-order valence-electron chi connectivity index (χ4n) is 4.09. The molecule has 12 heteroatoms. The lowest BCUT2D eigenvalue weighted by Crippen LogP contribution is -2.40. The van der Waals surface area contributed by atoms with Gasteiger partial charge in [-0.05, 0) is 49.4 Å². The Hall–Kier alpha value is -4.08. The monoisotopic (exact) mass is 522 g/mol. The van der Waals surface area contributed by atoms with Gasteiger partial charge < -0.3 is 20.7 Å². The van der Waals surface area contributed by atoms with Crippen LogP contribution < -0.4 is 26.2 Å². The lowest BCUT2D eigenvalue weighted by Gasteiger charge is -2.29. The van der Waals surface area contributed by atoms with Gasteiger partial charge in [-0.1, -0.05) is 0 Å². The van der Waals surface area contributed by atoms with Crippen molar-refractivity contribution >= 4 is 35.5 Å². The minimum Gasteiger partial charge on any atom is -0.383 e. The van der Waals surface area contributed by atoms with Gasteiger partial charge in [-0.15, -0.1) is 0 Å². The van der Waals surface area contributed by atoms with Crippen molar-refractivity contribution in [2.45, 2.75) is 39.2 Å². The third kappa shape index (κ3) is 7.96. The number of aryl methyl sites for hydroxylation is 1. The third-order valence-electron chi connectivity index (χ3n) is 5.98. The number of anilines is 3. The van der Waals surface area contributed by atoms with Crippen LogP contribution in [0.5, 0.6) is 0 Å². The van der Waals surface area contributed by atoms with Crippen LogP contribution in [0.4, 0.5) is 22.1 Å². The number of nitriles is 1. The highest BCUT2D eigenvalue weighted by Crippen LogP contribution is 2.28. The predicted molar refractivity (Wildman–Crippen MR) is 143 cm³/mol. The molecule has 0 aromatic carbocycles. The number of nitrogens with zero attached hydrogens (tertiary/aromatic N) is 4. The molecule has 4 N–H and O–H groups in total. The summed E-state index contributed by atoms with van der Waals surface area (Å²) in [5, 5.41) is 21.3. The number of urea groups is 1. The van der Waals surface area contributed by atoms with Gasteiger partial charge in [0.05, 0.1) is 17.9 Å². The van der Waals surface area contributed by atoms with E-state index in [1.165, 1.54) is 18.0 Å². The minimum absolute atomic E-state index is 0.0377. The number of pyridine rings is 2. The highest BCUT2D eigenvalue weighted by molar-refractivity contribution is 6.01. The normalized spacial score (nSPS) is 12.3. The van der Waals surface area contributed by atoms with Crippen LogP contribution in [0.1, 0.15) is 53.4 Å². The Labute approximate surface area is 222 Å². The molecular weight excluding hydrogens is 488 g/mol. The van der Waals surface area contributed by atoms with E-state index >= 15 is 0 Å². The largest absolute Gasteiger partial charge is 0.383 e. The number of methoxy groups -OCH3 is 1. The fraction of sp³-hybridized carbons (Fsp3) is 0.462. The summed E-state index contributed by atoms with van der Waals surface area (Å²) >= 11 is 0. The van der Waals surface area contributed by atoms with Crippen LogP contribution in [0.3, 0.4) is 0 Å². The van der Waals surface area contributed by atoms with E-state index in [9.17, 15) is 19.6 Å². The molecule has 0 aliphatic carbocycles. The first-order valence-corrected chi connectivity index (χ1v) is 12.6. The second-order valence-corrected chi connectivity index (χ2v) is 8.83. The highest BCUT2D eigenvalue weighted by atomic mass is 16.5. The van der Waals surface area contributed by atoms with E-state index in [1.807, 2.05) is 6.07 Å².